The van der Waals surface area contributed by atoms with Gasteiger partial charge in [-0.05, 0) is 35.9 Å². The van der Waals surface area contributed by atoms with Crippen LogP contribution in [0.25, 0.3) is 10.9 Å². The fourth-order valence-electron chi connectivity index (χ4n) is 2.58. The summed E-state index contributed by atoms with van der Waals surface area (Å²) < 4.78 is 0. The van der Waals surface area contributed by atoms with Crippen molar-refractivity contribution in [2.24, 2.45) is 0 Å². The molecule has 0 aliphatic carbocycles. The number of H-pyrrole nitrogens is 1. The molecule has 0 aliphatic heterocycles. The number of urea groups is 1. The van der Waals surface area contributed by atoms with E-state index in [1.807, 2.05) is 24.3 Å². The second kappa shape index (κ2) is 7.27. The average molecular weight is 358 g/mol. The van der Waals surface area contributed by atoms with Crippen molar-refractivity contribution < 1.29 is 14.7 Å². The summed E-state index contributed by atoms with van der Waals surface area (Å²) in [5, 5.41) is 16.0. The smallest absolute Gasteiger partial charge is 0.326 e. The second-order valence-electron chi connectivity index (χ2n) is 5.56. The maximum absolute atomic E-state index is 12.1. The van der Waals surface area contributed by atoms with Gasteiger partial charge < -0.3 is 20.7 Å². The number of rotatable bonds is 5. The molecular weight excluding hydrogens is 342 g/mol. The monoisotopic (exact) mass is 357 g/mol. The first-order valence-corrected chi connectivity index (χ1v) is 8.01. The molecule has 7 heteroatoms. The van der Waals surface area contributed by atoms with Crippen LogP contribution in [0.15, 0.2) is 54.7 Å². The number of carboxylic acids is 1. The topological polar surface area (TPSA) is 94.2 Å². The highest BCUT2D eigenvalue weighted by Gasteiger charge is 2.21. The number of anilines is 1. The lowest BCUT2D eigenvalue weighted by molar-refractivity contribution is -0.139. The largest absolute Gasteiger partial charge is 0.480 e. The number of aromatic amines is 1. The van der Waals surface area contributed by atoms with Gasteiger partial charge in [-0.25, -0.2) is 9.59 Å². The maximum Gasteiger partial charge on any atom is 0.326 e. The van der Waals surface area contributed by atoms with Crippen LogP contribution in [0.4, 0.5) is 10.5 Å². The quantitative estimate of drug-likeness (QED) is 0.561. The van der Waals surface area contributed by atoms with Crippen LogP contribution in [0.1, 0.15) is 5.56 Å². The number of hydrogen-bond acceptors (Lipinski definition) is 2. The van der Waals surface area contributed by atoms with Gasteiger partial charge in [0.1, 0.15) is 6.04 Å². The summed E-state index contributed by atoms with van der Waals surface area (Å²) in [5.74, 6) is -1.10. The highest BCUT2D eigenvalue weighted by molar-refractivity contribution is 6.30. The van der Waals surface area contributed by atoms with Gasteiger partial charge in [-0.2, -0.15) is 0 Å². The van der Waals surface area contributed by atoms with Crippen molar-refractivity contribution in [1.82, 2.24) is 10.3 Å². The predicted octanol–water partition coefficient (Wildman–Crippen LogP) is 3.64. The van der Waals surface area contributed by atoms with Crippen LogP contribution in [0.3, 0.4) is 0 Å². The Morgan fingerprint density at radius 2 is 1.84 bits per heavy atom. The Hall–Kier alpha value is -2.99. The van der Waals surface area contributed by atoms with Crippen LogP contribution < -0.4 is 10.6 Å². The number of halogens is 1. The molecule has 1 aromatic heterocycles. The minimum atomic E-state index is -1.10. The minimum absolute atomic E-state index is 0.174. The Kier molecular flexibility index (Phi) is 4.90. The number of carbonyl (C=O) groups excluding carboxylic acids is 1. The number of nitrogens with one attached hydrogen (secondary N) is 3. The van der Waals surface area contributed by atoms with Crippen LogP contribution in [0, 0.1) is 0 Å². The van der Waals surface area contributed by atoms with Gasteiger partial charge in [0, 0.05) is 34.2 Å². The molecule has 0 unspecified atom stereocenters. The van der Waals surface area contributed by atoms with Gasteiger partial charge in [-0.1, -0.05) is 29.8 Å². The van der Waals surface area contributed by atoms with Crippen LogP contribution >= 0.6 is 11.6 Å². The fraction of sp³-hybridized carbons (Fsp3) is 0.111. The number of amides is 2. The number of aliphatic carboxylic acids is 1. The van der Waals surface area contributed by atoms with Gasteiger partial charge in [-0.3, -0.25) is 0 Å². The zero-order valence-electron chi connectivity index (χ0n) is 13.1. The summed E-state index contributed by atoms with van der Waals surface area (Å²) in [7, 11) is 0. The third-order valence-corrected chi connectivity index (χ3v) is 4.06. The SMILES string of the molecule is O=C(Nc1ccc(Cl)cc1)N[C@H](Cc1c[nH]c2ccccc12)C(=O)O. The van der Waals surface area contributed by atoms with Crippen LogP contribution in [-0.4, -0.2) is 28.1 Å². The van der Waals surface area contributed by atoms with Crippen molar-refractivity contribution in [2.75, 3.05) is 5.32 Å². The Balaban J connectivity index is 1.69. The average Bonchev–Trinajstić information content (AvgIpc) is 2.99. The van der Waals surface area contributed by atoms with E-state index in [1.165, 1.54) is 0 Å². The summed E-state index contributed by atoms with van der Waals surface area (Å²) >= 11 is 5.79. The summed E-state index contributed by atoms with van der Waals surface area (Å²) in [6, 6.07) is 12.5. The molecule has 0 aliphatic rings. The highest BCUT2D eigenvalue weighted by Crippen LogP contribution is 2.19. The van der Waals surface area contributed by atoms with E-state index in [0.29, 0.717) is 10.7 Å². The maximum atomic E-state index is 12.1. The zero-order chi connectivity index (χ0) is 17.8. The molecule has 0 saturated heterocycles. The van der Waals surface area contributed by atoms with Gasteiger partial charge in [-0.15, -0.1) is 0 Å². The third-order valence-electron chi connectivity index (χ3n) is 3.80. The van der Waals surface area contributed by atoms with Crippen LogP contribution in [0.5, 0.6) is 0 Å². The van der Waals surface area contributed by atoms with E-state index in [0.717, 1.165) is 16.5 Å². The Bertz CT molecular complexity index is 905. The van der Waals surface area contributed by atoms with Gasteiger partial charge >= 0.3 is 12.0 Å². The number of benzene rings is 2. The van der Waals surface area contributed by atoms with E-state index < -0.39 is 18.0 Å². The van der Waals surface area contributed by atoms with Gasteiger partial charge in [0.05, 0.1) is 0 Å². The number of aromatic nitrogens is 1. The number of fused-ring (bicyclic) bond motifs is 1. The van der Waals surface area contributed by atoms with E-state index >= 15 is 0 Å². The molecular formula is C18H16ClN3O3. The summed E-state index contributed by atoms with van der Waals surface area (Å²) in [5.41, 5.74) is 2.28. The Morgan fingerprint density at radius 3 is 2.56 bits per heavy atom. The van der Waals surface area contributed by atoms with Crippen molar-refractivity contribution in [3.8, 4) is 0 Å². The first-order chi connectivity index (χ1) is 12.0. The molecule has 2 amide bonds. The van der Waals surface area contributed by atoms with Crippen LogP contribution in [-0.2, 0) is 11.2 Å². The first kappa shape index (κ1) is 16.9. The molecule has 2 aromatic carbocycles. The third kappa shape index (κ3) is 4.10. The zero-order valence-corrected chi connectivity index (χ0v) is 13.9. The minimum Gasteiger partial charge on any atom is -0.480 e. The number of carbonyl (C=O) groups is 2. The molecule has 25 heavy (non-hydrogen) atoms. The van der Waals surface area contributed by atoms with E-state index in [4.69, 9.17) is 11.6 Å². The standard InChI is InChI=1S/C18H16ClN3O3/c19-12-5-7-13(8-6-12)21-18(25)22-16(17(23)24)9-11-10-20-15-4-2-1-3-14(11)15/h1-8,10,16,20H,9H2,(H,23,24)(H2,21,22,25)/t16-/m1/s1. The molecule has 0 radical (unpaired) electrons. The summed E-state index contributed by atoms with van der Waals surface area (Å²) in [6.07, 6.45) is 1.94. The normalized spacial score (nSPS) is 11.9. The van der Waals surface area contributed by atoms with E-state index in [-0.39, 0.29) is 6.42 Å². The van der Waals surface area contributed by atoms with E-state index in [9.17, 15) is 14.7 Å². The van der Waals surface area contributed by atoms with Crippen molar-refractivity contribution in [3.63, 3.8) is 0 Å². The highest BCUT2D eigenvalue weighted by atomic mass is 35.5. The second-order valence-corrected chi connectivity index (χ2v) is 6.00. The lowest BCUT2D eigenvalue weighted by Gasteiger charge is -2.15. The number of hydrogen-bond donors (Lipinski definition) is 4. The Morgan fingerprint density at radius 1 is 1.12 bits per heavy atom. The van der Waals surface area contributed by atoms with Crippen molar-refractivity contribution in [1.29, 1.82) is 0 Å². The lowest BCUT2D eigenvalue weighted by atomic mass is 10.1. The van der Waals surface area contributed by atoms with Crippen molar-refractivity contribution in [3.05, 3.63) is 65.3 Å². The van der Waals surface area contributed by atoms with E-state index in [1.54, 1.807) is 30.5 Å². The molecule has 6 nitrogen and oxygen atoms in total. The molecule has 1 heterocycles. The lowest BCUT2D eigenvalue weighted by Crippen LogP contribution is -2.44. The first-order valence-electron chi connectivity index (χ1n) is 7.64. The van der Waals surface area contributed by atoms with Crippen LogP contribution in [0.2, 0.25) is 5.02 Å². The van der Waals surface area contributed by atoms with Crippen molar-refractivity contribution in [2.45, 2.75) is 12.5 Å². The molecule has 0 saturated carbocycles. The van der Waals surface area contributed by atoms with Crippen molar-refractivity contribution >= 4 is 40.2 Å². The fourth-order valence-corrected chi connectivity index (χ4v) is 2.71. The predicted molar refractivity (Wildman–Crippen MR) is 97.0 cm³/mol. The number of para-hydroxylation sites is 1. The molecule has 128 valence electrons. The van der Waals surface area contributed by atoms with E-state index in [2.05, 4.69) is 15.6 Å². The molecule has 3 rings (SSSR count). The molecule has 0 bridgehead atoms. The molecule has 0 spiro atoms. The summed E-state index contributed by atoms with van der Waals surface area (Å²) in [4.78, 5) is 26.7. The van der Waals surface area contributed by atoms with Gasteiger partial charge in [0.2, 0.25) is 0 Å². The van der Waals surface area contributed by atoms with Gasteiger partial charge in [0.25, 0.3) is 0 Å². The number of carboxylic acid groups (broad SMARTS) is 1. The summed E-state index contributed by atoms with van der Waals surface area (Å²) in [6.45, 7) is 0. The Labute approximate surface area is 148 Å². The molecule has 4 N–H and O–H groups in total. The molecule has 1 atom stereocenters. The molecule has 0 fully saturated rings. The molecule has 3 aromatic rings. The van der Waals surface area contributed by atoms with Gasteiger partial charge in [0.15, 0.2) is 0 Å².